The summed E-state index contributed by atoms with van der Waals surface area (Å²) in [6.45, 7) is 1.51. The molecule has 0 aromatic heterocycles. The fourth-order valence-electron chi connectivity index (χ4n) is 1.75. The molecule has 0 amide bonds. The van der Waals surface area contributed by atoms with Crippen molar-refractivity contribution in [2.24, 2.45) is 5.73 Å². The van der Waals surface area contributed by atoms with Crippen molar-refractivity contribution in [1.29, 1.82) is 0 Å². The average molecular weight is 244 g/mol. The zero-order valence-electron chi connectivity index (χ0n) is 10.1. The first-order valence-corrected chi connectivity index (χ1v) is 5.39. The van der Waals surface area contributed by atoms with Crippen LogP contribution < -0.4 is 5.73 Å². The highest BCUT2D eigenvalue weighted by atomic mass is 19.1. The van der Waals surface area contributed by atoms with E-state index < -0.39 is 11.6 Å². The summed E-state index contributed by atoms with van der Waals surface area (Å²) in [4.78, 5) is 1.90. The van der Waals surface area contributed by atoms with E-state index in [1.807, 2.05) is 11.9 Å². The highest BCUT2D eigenvalue weighted by molar-refractivity contribution is 5.17. The molecule has 3 nitrogen and oxygen atoms in total. The summed E-state index contributed by atoms with van der Waals surface area (Å²) < 4.78 is 30.8. The topological polar surface area (TPSA) is 38.5 Å². The van der Waals surface area contributed by atoms with Gasteiger partial charge in [0, 0.05) is 32.3 Å². The van der Waals surface area contributed by atoms with E-state index >= 15 is 0 Å². The highest BCUT2D eigenvalue weighted by Gasteiger charge is 2.08. The first-order valence-electron chi connectivity index (χ1n) is 5.39. The van der Waals surface area contributed by atoms with E-state index in [0.29, 0.717) is 25.3 Å². The first-order chi connectivity index (χ1) is 8.01. The van der Waals surface area contributed by atoms with Gasteiger partial charge in [-0.3, -0.25) is 0 Å². The minimum atomic E-state index is -0.561. The Kier molecular flexibility index (Phi) is 5.47. The van der Waals surface area contributed by atoms with Crippen LogP contribution in [-0.4, -0.2) is 38.3 Å². The second-order valence-electron chi connectivity index (χ2n) is 4.19. The van der Waals surface area contributed by atoms with Crippen molar-refractivity contribution in [3.63, 3.8) is 0 Å². The molecule has 0 aliphatic heterocycles. The smallest absolute Gasteiger partial charge is 0.126 e. The van der Waals surface area contributed by atoms with Crippen LogP contribution in [0.25, 0.3) is 0 Å². The molecule has 2 N–H and O–H groups in total. The lowest BCUT2D eigenvalue weighted by Gasteiger charge is -2.20. The van der Waals surface area contributed by atoms with Crippen molar-refractivity contribution in [2.45, 2.75) is 12.6 Å². The molecule has 0 heterocycles. The molecule has 0 saturated carbocycles. The van der Waals surface area contributed by atoms with Gasteiger partial charge in [0.1, 0.15) is 11.6 Å². The van der Waals surface area contributed by atoms with Crippen molar-refractivity contribution in [3.8, 4) is 0 Å². The Hall–Kier alpha value is -1.04. The second-order valence-corrected chi connectivity index (χ2v) is 4.19. The van der Waals surface area contributed by atoms with Crippen LogP contribution in [0.5, 0.6) is 0 Å². The third-order valence-corrected chi connectivity index (χ3v) is 2.30. The fraction of sp³-hybridized carbons (Fsp3) is 0.500. The largest absolute Gasteiger partial charge is 0.383 e. The third-order valence-electron chi connectivity index (χ3n) is 2.30. The molecule has 1 aromatic carbocycles. The standard InChI is InChI=1S/C12H18F2N2O/c1-16(7-12(15)8-17-2)6-9-3-10(13)5-11(14)4-9/h3-5,12H,6-8,15H2,1-2H3. The summed E-state index contributed by atoms with van der Waals surface area (Å²) in [5.41, 5.74) is 6.38. The predicted molar refractivity (Wildman–Crippen MR) is 62.5 cm³/mol. The maximum Gasteiger partial charge on any atom is 0.126 e. The maximum absolute atomic E-state index is 13.0. The van der Waals surface area contributed by atoms with Gasteiger partial charge in [0.15, 0.2) is 0 Å². The quantitative estimate of drug-likeness (QED) is 0.821. The maximum atomic E-state index is 13.0. The lowest BCUT2D eigenvalue weighted by atomic mass is 10.2. The number of nitrogens with zero attached hydrogens (tertiary/aromatic N) is 1. The zero-order chi connectivity index (χ0) is 12.8. The number of halogens is 2. The van der Waals surface area contributed by atoms with E-state index in [-0.39, 0.29) is 6.04 Å². The SMILES string of the molecule is COCC(N)CN(C)Cc1cc(F)cc(F)c1. The van der Waals surface area contributed by atoms with E-state index in [4.69, 9.17) is 10.5 Å². The van der Waals surface area contributed by atoms with Gasteiger partial charge in [0.2, 0.25) is 0 Å². The molecule has 1 unspecified atom stereocenters. The summed E-state index contributed by atoms with van der Waals surface area (Å²) >= 11 is 0. The molecule has 1 aromatic rings. The average Bonchev–Trinajstić information content (AvgIpc) is 2.14. The molecule has 0 fully saturated rings. The molecule has 0 spiro atoms. The van der Waals surface area contributed by atoms with E-state index in [1.165, 1.54) is 12.1 Å². The van der Waals surface area contributed by atoms with Gasteiger partial charge >= 0.3 is 0 Å². The number of hydrogen-bond acceptors (Lipinski definition) is 3. The van der Waals surface area contributed by atoms with Gasteiger partial charge in [-0.1, -0.05) is 0 Å². The highest BCUT2D eigenvalue weighted by Crippen LogP contribution is 2.09. The Bertz CT molecular complexity index is 340. The summed E-state index contributed by atoms with van der Waals surface area (Å²) in [6, 6.07) is 3.40. The summed E-state index contributed by atoms with van der Waals surface area (Å²) in [7, 11) is 3.43. The van der Waals surface area contributed by atoms with Gasteiger partial charge in [-0.15, -0.1) is 0 Å². The number of rotatable bonds is 6. The fourth-order valence-corrected chi connectivity index (χ4v) is 1.75. The number of benzene rings is 1. The number of nitrogens with two attached hydrogens (primary N) is 1. The molecular formula is C12H18F2N2O. The lowest BCUT2D eigenvalue weighted by molar-refractivity contribution is 0.160. The number of methoxy groups -OCH3 is 1. The Balaban J connectivity index is 2.52. The third kappa shape index (κ3) is 5.21. The van der Waals surface area contributed by atoms with Crippen LogP contribution in [0, 0.1) is 11.6 Å². The van der Waals surface area contributed by atoms with Crippen LogP contribution in [-0.2, 0) is 11.3 Å². The van der Waals surface area contributed by atoms with E-state index in [0.717, 1.165) is 6.07 Å². The van der Waals surface area contributed by atoms with Crippen molar-refractivity contribution < 1.29 is 13.5 Å². The Labute approximate surface area is 100 Å². The van der Waals surface area contributed by atoms with Gasteiger partial charge in [-0.2, -0.15) is 0 Å². The minimum absolute atomic E-state index is 0.108. The second kappa shape index (κ2) is 6.64. The van der Waals surface area contributed by atoms with Gasteiger partial charge in [-0.25, -0.2) is 8.78 Å². The van der Waals surface area contributed by atoms with Crippen LogP contribution >= 0.6 is 0 Å². The van der Waals surface area contributed by atoms with Crippen LogP contribution in [0.1, 0.15) is 5.56 Å². The molecular weight excluding hydrogens is 226 g/mol. The molecule has 1 atom stereocenters. The van der Waals surface area contributed by atoms with Crippen LogP contribution in [0.2, 0.25) is 0 Å². The van der Waals surface area contributed by atoms with E-state index in [2.05, 4.69) is 0 Å². The summed E-state index contributed by atoms with van der Waals surface area (Å²) in [6.07, 6.45) is 0. The van der Waals surface area contributed by atoms with Gasteiger partial charge in [-0.05, 0) is 24.7 Å². The molecule has 0 bridgehead atoms. The molecule has 96 valence electrons. The Morgan fingerprint density at radius 2 is 1.88 bits per heavy atom. The van der Waals surface area contributed by atoms with E-state index in [1.54, 1.807) is 7.11 Å². The molecule has 0 aliphatic carbocycles. The van der Waals surface area contributed by atoms with Gasteiger partial charge in [0.05, 0.1) is 6.61 Å². The van der Waals surface area contributed by atoms with Crippen molar-refractivity contribution in [1.82, 2.24) is 4.90 Å². The van der Waals surface area contributed by atoms with Crippen molar-refractivity contribution >= 4 is 0 Å². The minimum Gasteiger partial charge on any atom is -0.383 e. The lowest BCUT2D eigenvalue weighted by Crippen LogP contribution is -2.38. The van der Waals surface area contributed by atoms with Crippen molar-refractivity contribution in [2.75, 3.05) is 27.3 Å². The van der Waals surface area contributed by atoms with Crippen LogP contribution in [0.3, 0.4) is 0 Å². The molecule has 0 radical (unpaired) electrons. The van der Waals surface area contributed by atoms with Crippen LogP contribution in [0.4, 0.5) is 8.78 Å². The Morgan fingerprint density at radius 3 is 2.41 bits per heavy atom. The molecule has 0 saturated heterocycles. The number of likely N-dealkylation sites (N-methyl/N-ethyl adjacent to an activating group) is 1. The monoisotopic (exact) mass is 244 g/mol. The van der Waals surface area contributed by atoms with Gasteiger partial charge in [0.25, 0.3) is 0 Å². The number of hydrogen-bond donors (Lipinski definition) is 1. The summed E-state index contributed by atoms with van der Waals surface area (Å²) in [5.74, 6) is -1.12. The van der Waals surface area contributed by atoms with E-state index in [9.17, 15) is 8.78 Å². The van der Waals surface area contributed by atoms with Gasteiger partial charge < -0.3 is 15.4 Å². The molecule has 5 heteroatoms. The summed E-state index contributed by atoms with van der Waals surface area (Å²) in [5, 5.41) is 0. The first kappa shape index (κ1) is 14.0. The number of ether oxygens (including phenoxy) is 1. The van der Waals surface area contributed by atoms with Crippen LogP contribution in [0.15, 0.2) is 18.2 Å². The van der Waals surface area contributed by atoms with Crippen molar-refractivity contribution in [3.05, 3.63) is 35.4 Å². The predicted octanol–water partition coefficient (Wildman–Crippen LogP) is 1.37. The Morgan fingerprint density at radius 1 is 1.29 bits per heavy atom. The molecule has 17 heavy (non-hydrogen) atoms. The molecule has 0 aliphatic rings. The molecule has 1 rings (SSSR count). The zero-order valence-corrected chi connectivity index (χ0v) is 10.1. The normalized spacial score (nSPS) is 13.1.